The summed E-state index contributed by atoms with van der Waals surface area (Å²) in [4.78, 5) is 34.8. The molecule has 5 rings (SSSR count). The molecule has 1 aliphatic rings. The number of ether oxygens (including phenoxy) is 2. The van der Waals surface area contributed by atoms with E-state index in [0.29, 0.717) is 11.3 Å². The molecule has 0 aliphatic carbocycles. The van der Waals surface area contributed by atoms with Crippen molar-refractivity contribution in [2.24, 2.45) is 4.99 Å². The molecule has 0 spiro atoms. The number of benzene rings is 3. The monoisotopic (exact) mass is 684 g/mol. The summed E-state index contributed by atoms with van der Waals surface area (Å²) in [6.07, 6.45) is -7.98. The molecule has 3 amide bonds. The van der Waals surface area contributed by atoms with Crippen LogP contribution in [-0.2, 0) is 16.1 Å². The average Bonchev–Trinajstić information content (AvgIpc) is 3.60. The molecule has 1 saturated heterocycles. The number of aromatic nitrogens is 3. The maximum Gasteiger partial charge on any atom is 0.573 e. The first-order valence-electron chi connectivity index (χ1n) is 12.9. The zero-order chi connectivity index (χ0) is 33.1. The third kappa shape index (κ3) is 8.35. The number of halogens is 7. The molecule has 2 heterocycles. The molecular formula is C28H19ClF6N6O4S. The Labute approximate surface area is 265 Å². The maximum atomic E-state index is 12.8. The molecule has 0 bridgehead atoms. The molecule has 10 nitrogen and oxygen atoms in total. The highest BCUT2D eigenvalue weighted by molar-refractivity contribution is 8.15. The SMILES string of the molecule is O=C(N=C1SCC(=O)N1c1ccccc1COCC(F)(F)F)Nc1ccc(-n2cnc(-c3ccc(OC(F)(F)F)cc3)n2)cc1Cl. The molecule has 240 valence electrons. The van der Waals surface area contributed by atoms with E-state index in [1.165, 1.54) is 47.4 Å². The topological polar surface area (TPSA) is 111 Å². The Morgan fingerprint density at radius 1 is 1.04 bits per heavy atom. The van der Waals surface area contributed by atoms with Crippen LogP contribution in [0.1, 0.15) is 5.56 Å². The number of amides is 3. The predicted molar refractivity (Wildman–Crippen MR) is 157 cm³/mol. The average molecular weight is 685 g/mol. The van der Waals surface area contributed by atoms with Crippen LogP contribution in [0.4, 0.5) is 42.5 Å². The van der Waals surface area contributed by atoms with Gasteiger partial charge in [-0.25, -0.2) is 14.5 Å². The summed E-state index contributed by atoms with van der Waals surface area (Å²) in [7, 11) is 0. The van der Waals surface area contributed by atoms with Crippen LogP contribution in [-0.4, -0.2) is 56.8 Å². The number of rotatable bonds is 8. The van der Waals surface area contributed by atoms with E-state index >= 15 is 0 Å². The van der Waals surface area contributed by atoms with E-state index in [1.807, 2.05) is 0 Å². The van der Waals surface area contributed by atoms with Gasteiger partial charge in [0.25, 0.3) is 0 Å². The Morgan fingerprint density at radius 3 is 2.48 bits per heavy atom. The van der Waals surface area contributed by atoms with E-state index in [9.17, 15) is 35.9 Å². The minimum absolute atomic E-state index is 0.00617. The van der Waals surface area contributed by atoms with Gasteiger partial charge in [0.1, 0.15) is 18.7 Å². The maximum absolute atomic E-state index is 12.8. The summed E-state index contributed by atoms with van der Waals surface area (Å²) in [6.45, 7) is -1.90. The van der Waals surface area contributed by atoms with E-state index in [2.05, 4.69) is 25.1 Å². The van der Waals surface area contributed by atoms with E-state index in [4.69, 9.17) is 16.3 Å². The molecule has 18 heteroatoms. The van der Waals surface area contributed by atoms with Crippen molar-refractivity contribution < 1.29 is 45.4 Å². The smallest absolute Gasteiger partial charge is 0.406 e. The molecule has 1 fully saturated rings. The number of urea groups is 1. The lowest BCUT2D eigenvalue weighted by atomic mass is 10.1. The minimum atomic E-state index is -4.82. The van der Waals surface area contributed by atoms with Gasteiger partial charge in [-0.3, -0.25) is 9.69 Å². The number of anilines is 2. The fraction of sp³-hybridized carbons (Fsp3) is 0.179. The van der Waals surface area contributed by atoms with Gasteiger partial charge in [-0.1, -0.05) is 41.6 Å². The van der Waals surface area contributed by atoms with Gasteiger partial charge in [0.15, 0.2) is 11.0 Å². The number of amidine groups is 1. The first-order valence-corrected chi connectivity index (χ1v) is 14.3. The van der Waals surface area contributed by atoms with Gasteiger partial charge in [-0.2, -0.15) is 18.2 Å². The third-order valence-electron chi connectivity index (χ3n) is 6.02. The molecule has 0 unspecified atom stereocenters. The second-order valence-corrected chi connectivity index (χ2v) is 10.7. The first kappa shape index (κ1) is 32.8. The largest absolute Gasteiger partial charge is 0.573 e. The highest BCUT2D eigenvalue weighted by atomic mass is 35.5. The van der Waals surface area contributed by atoms with Crippen LogP contribution in [0.25, 0.3) is 17.1 Å². The highest BCUT2D eigenvalue weighted by Crippen LogP contribution is 2.32. The Kier molecular flexibility index (Phi) is 9.55. The van der Waals surface area contributed by atoms with Crippen molar-refractivity contribution in [3.05, 3.63) is 83.6 Å². The lowest BCUT2D eigenvalue weighted by molar-refractivity contribution is -0.274. The second-order valence-electron chi connectivity index (χ2n) is 9.33. The Hall–Kier alpha value is -4.61. The highest BCUT2D eigenvalue weighted by Gasteiger charge is 2.33. The summed E-state index contributed by atoms with van der Waals surface area (Å²) in [5.41, 5.74) is 1.56. The van der Waals surface area contributed by atoms with Crippen LogP contribution < -0.4 is 15.0 Å². The van der Waals surface area contributed by atoms with Gasteiger partial charge < -0.3 is 14.8 Å². The van der Waals surface area contributed by atoms with Crippen LogP contribution >= 0.6 is 23.4 Å². The van der Waals surface area contributed by atoms with Crippen LogP contribution in [0.5, 0.6) is 5.75 Å². The lowest BCUT2D eigenvalue weighted by Gasteiger charge is -2.20. The molecule has 46 heavy (non-hydrogen) atoms. The van der Waals surface area contributed by atoms with Crippen molar-refractivity contribution in [1.82, 2.24) is 14.8 Å². The molecule has 1 aliphatic heterocycles. The normalized spacial score (nSPS) is 14.6. The van der Waals surface area contributed by atoms with Crippen molar-refractivity contribution in [3.63, 3.8) is 0 Å². The van der Waals surface area contributed by atoms with Crippen LogP contribution in [0.15, 0.2) is 78.0 Å². The van der Waals surface area contributed by atoms with Crippen molar-refractivity contribution in [3.8, 4) is 22.8 Å². The number of carbonyl (C=O) groups is 2. The lowest BCUT2D eigenvalue weighted by Crippen LogP contribution is -2.31. The summed E-state index contributed by atoms with van der Waals surface area (Å²) in [5, 5.41) is 6.93. The quantitative estimate of drug-likeness (QED) is 0.195. The molecule has 1 N–H and O–H groups in total. The van der Waals surface area contributed by atoms with Gasteiger partial charge in [-0.05, 0) is 48.5 Å². The number of alkyl halides is 6. The van der Waals surface area contributed by atoms with E-state index in [0.717, 1.165) is 28.8 Å². The summed E-state index contributed by atoms with van der Waals surface area (Å²) >= 11 is 7.36. The molecule has 0 atom stereocenters. The molecule has 0 radical (unpaired) electrons. The van der Waals surface area contributed by atoms with Gasteiger partial charge in [0.05, 0.1) is 34.4 Å². The number of carbonyl (C=O) groups excluding carboxylic acids is 2. The van der Waals surface area contributed by atoms with Crippen molar-refractivity contribution in [2.45, 2.75) is 19.1 Å². The fourth-order valence-corrected chi connectivity index (χ4v) is 5.19. The third-order valence-corrected chi connectivity index (χ3v) is 7.25. The van der Waals surface area contributed by atoms with E-state index in [1.54, 1.807) is 18.2 Å². The van der Waals surface area contributed by atoms with Crippen molar-refractivity contribution in [1.29, 1.82) is 0 Å². The molecular weight excluding hydrogens is 666 g/mol. The number of hydrogen-bond donors (Lipinski definition) is 1. The molecule has 4 aromatic rings. The summed E-state index contributed by atoms with van der Waals surface area (Å²) < 4.78 is 84.9. The summed E-state index contributed by atoms with van der Waals surface area (Å²) in [5.74, 6) is -0.662. The standard InChI is InChI=1S/C28H19ClF6N6O4S/c29-20-11-18(40-15-36-24(39-40)16-5-8-19(9-6-16)45-28(33,34)35)7-10-21(20)37-25(43)38-26-41(23(42)13-46-26)22-4-2-1-3-17(22)12-44-14-27(30,31)32/h1-11,15H,12-14H2,(H,37,43). The minimum Gasteiger partial charge on any atom is -0.406 e. The number of aliphatic imine (C=N–C) groups is 1. The molecule has 1 aromatic heterocycles. The van der Waals surface area contributed by atoms with Crippen molar-refractivity contribution >= 4 is 51.8 Å². The number of nitrogens with one attached hydrogen (secondary N) is 1. The van der Waals surface area contributed by atoms with Gasteiger partial charge in [0, 0.05) is 11.1 Å². The predicted octanol–water partition coefficient (Wildman–Crippen LogP) is 7.23. The van der Waals surface area contributed by atoms with Gasteiger partial charge in [-0.15, -0.1) is 18.3 Å². The number of hydrogen-bond acceptors (Lipinski definition) is 7. The Bertz CT molecular complexity index is 1780. The van der Waals surface area contributed by atoms with Crippen LogP contribution in [0, 0.1) is 0 Å². The number of nitrogens with zero attached hydrogens (tertiary/aromatic N) is 5. The van der Waals surface area contributed by atoms with E-state index < -0.39 is 43.4 Å². The van der Waals surface area contributed by atoms with Crippen molar-refractivity contribution in [2.75, 3.05) is 22.6 Å². The van der Waals surface area contributed by atoms with Gasteiger partial charge >= 0.3 is 18.6 Å². The zero-order valence-electron chi connectivity index (χ0n) is 23.0. The first-order chi connectivity index (χ1) is 21.8. The van der Waals surface area contributed by atoms with E-state index in [-0.39, 0.29) is 38.7 Å². The zero-order valence-corrected chi connectivity index (χ0v) is 24.5. The Balaban J connectivity index is 1.27. The fourth-order valence-electron chi connectivity index (χ4n) is 4.11. The van der Waals surface area contributed by atoms with Crippen LogP contribution in [0.3, 0.4) is 0 Å². The van der Waals surface area contributed by atoms with Gasteiger partial charge in [0.2, 0.25) is 5.91 Å². The summed E-state index contributed by atoms with van der Waals surface area (Å²) in [6, 6.07) is 14.8. The second kappa shape index (κ2) is 13.4. The number of thioether (sulfide) groups is 1. The Morgan fingerprint density at radius 2 is 1.78 bits per heavy atom. The molecule has 0 saturated carbocycles. The molecule has 3 aromatic carbocycles. The van der Waals surface area contributed by atoms with Crippen LogP contribution in [0.2, 0.25) is 5.02 Å². The number of para-hydroxylation sites is 1.